The number of nitrogens with one attached hydrogen (secondary N) is 2. The van der Waals surface area contributed by atoms with Crippen molar-refractivity contribution in [3.05, 3.63) is 53.7 Å². The normalized spacial score (nSPS) is 12.0. The summed E-state index contributed by atoms with van der Waals surface area (Å²) in [6.07, 6.45) is 2.22. The van der Waals surface area contributed by atoms with Crippen LogP contribution in [0.15, 0.2) is 42.6 Å². The number of fused-ring (bicyclic) bond motifs is 1. The van der Waals surface area contributed by atoms with E-state index in [2.05, 4.69) is 10.3 Å². The maximum atomic E-state index is 11.8. The molecule has 7 heteroatoms. The van der Waals surface area contributed by atoms with E-state index in [4.69, 9.17) is 14.2 Å². The van der Waals surface area contributed by atoms with Crippen molar-refractivity contribution in [2.75, 3.05) is 21.3 Å². The predicted octanol–water partition coefficient (Wildman–Crippen LogP) is 2.98. The minimum Gasteiger partial charge on any atom is -0.496 e. The van der Waals surface area contributed by atoms with Gasteiger partial charge in [0.05, 0.1) is 21.3 Å². The van der Waals surface area contributed by atoms with Crippen LogP contribution in [0, 0.1) is 0 Å². The first-order valence-electron chi connectivity index (χ1n) is 8.87. The fourth-order valence-corrected chi connectivity index (χ4v) is 3.23. The Labute approximate surface area is 163 Å². The van der Waals surface area contributed by atoms with Crippen molar-refractivity contribution in [3.8, 4) is 17.2 Å². The molecule has 0 amide bonds. The number of benzene rings is 2. The summed E-state index contributed by atoms with van der Waals surface area (Å²) in [5.41, 5.74) is 2.73. The van der Waals surface area contributed by atoms with Gasteiger partial charge in [-0.3, -0.25) is 10.1 Å². The Bertz CT molecular complexity index is 967. The van der Waals surface area contributed by atoms with Gasteiger partial charge in [-0.2, -0.15) is 0 Å². The molecule has 3 rings (SSSR count). The van der Waals surface area contributed by atoms with E-state index in [1.165, 1.54) is 0 Å². The molecule has 0 saturated heterocycles. The summed E-state index contributed by atoms with van der Waals surface area (Å²) >= 11 is 0. The summed E-state index contributed by atoms with van der Waals surface area (Å²) in [5.74, 6) is 0.798. The number of aliphatic carboxylic acids is 1. The summed E-state index contributed by atoms with van der Waals surface area (Å²) in [6.45, 7) is 0.308. The van der Waals surface area contributed by atoms with E-state index in [9.17, 15) is 9.90 Å². The first kappa shape index (κ1) is 19.6. The lowest BCUT2D eigenvalue weighted by molar-refractivity contribution is -0.139. The zero-order valence-corrected chi connectivity index (χ0v) is 16.1. The lowest BCUT2D eigenvalue weighted by atomic mass is 10.0. The molecule has 3 N–H and O–H groups in total. The zero-order chi connectivity index (χ0) is 20.1. The summed E-state index contributed by atoms with van der Waals surface area (Å²) in [6, 6.07) is 10.6. The van der Waals surface area contributed by atoms with Crippen molar-refractivity contribution < 1.29 is 24.1 Å². The Hall–Kier alpha value is -3.19. The summed E-state index contributed by atoms with van der Waals surface area (Å²) in [7, 11) is 4.67. The molecule has 0 bridgehead atoms. The molecule has 0 fully saturated rings. The highest BCUT2D eigenvalue weighted by molar-refractivity contribution is 5.84. The van der Waals surface area contributed by atoms with E-state index in [1.807, 2.05) is 30.5 Å². The smallest absolute Gasteiger partial charge is 0.321 e. The molecule has 2 aromatic carbocycles. The minimum absolute atomic E-state index is 0.308. The molecule has 1 unspecified atom stereocenters. The number of carboxylic acid groups (broad SMARTS) is 1. The highest BCUT2D eigenvalue weighted by Crippen LogP contribution is 2.34. The maximum Gasteiger partial charge on any atom is 0.321 e. The minimum atomic E-state index is -0.912. The fourth-order valence-electron chi connectivity index (χ4n) is 3.23. The van der Waals surface area contributed by atoms with Crippen LogP contribution >= 0.6 is 0 Å². The van der Waals surface area contributed by atoms with Crippen LogP contribution in [0.1, 0.15) is 11.1 Å². The van der Waals surface area contributed by atoms with Crippen molar-refractivity contribution in [2.24, 2.45) is 0 Å². The lowest BCUT2D eigenvalue weighted by Crippen LogP contribution is -2.38. The van der Waals surface area contributed by atoms with Crippen LogP contribution < -0.4 is 19.5 Å². The number of ether oxygens (including phenoxy) is 3. The van der Waals surface area contributed by atoms with Crippen LogP contribution in [-0.4, -0.2) is 43.4 Å². The predicted molar refractivity (Wildman–Crippen MR) is 106 cm³/mol. The topological polar surface area (TPSA) is 92.8 Å². The van der Waals surface area contributed by atoms with E-state index in [-0.39, 0.29) is 0 Å². The molecule has 1 heterocycles. The van der Waals surface area contributed by atoms with Crippen molar-refractivity contribution >= 4 is 16.9 Å². The molecule has 3 aromatic rings. The van der Waals surface area contributed by atoms with Crippen molar-refractivity contribution in [2.45, 2.75) is 19.0 Å². The first-order chi connectivity index (χ1) is 13.6. The van der Waals surface area contributed by atoms with Crippen molar-refractivity contribution in [1.82, 2.24) is 10.3 Å². The molecule has 0 saturated carbocycles. The average Bonchev–Trinajstić information content (AvgIpc) is 3.13. The summed E-state index contributed by atoms with van der Waals surface area (Å²) in [4.78, 5) is 15.0. The number of methoxy groups -OCH3 is 3. The van der Waals surface area contributed by atoms with Gasteiger partial charge in [-0.25, -0.2) is 0 Å². The molecule has 0 aliphatic rings. The fraction of sp³-hybridized carbons (Fsp3) is 0.286. The molecule has 148 valence electrons. The average molecular weight is 384 g/mol. The second kappa shape index (κ2) is 8.67. The molecule has 0 spiro atoms. The highest BCUT2D eigenvalue weighted by Gasteiger charge is 2.20. The standard InChI is InChI=1S/C21H24N2O5/c1-26-18-10-20(28-3)19(27-2)9-14(18)12-23-17(21(24)25)8-13-11-22-16-7-5-4-6-15(13)16/h4-7,9-11,17,22-23H,8,12H2,1-3H3,(H,24,25). The molecule has 1 atom stereocenters. The van der Waals surface area contributed by atoms with Gasteiger partial charge in [-0.15, -0.1) is 0 Å². The molecule has 1 aromatic heterocycles. The molecule has 0 aliphatic heterocycles. The van der Waals surface area contributed by atoms with Gasteiger partial charge in [0, 0.05) is 41.7 Å². The van der Waals surface area contributed by atoms with E-state index < -0.39 is 12.0 Å². The van der Waals surface area contributed by atoms with Crippen LogP contribution in [0.4, 0.5) is 0 Å². The van der Waals surface area contributed by atoms with Gasteiger partial charge in [-0.05, 0) is 17.7 Å². The third-order valence-corrected chi connectivity index (χ3v) is 4.72. The van der Waals surface area contributed by atoms with E-state index in [0.29, 0.717) is 30.2 Å². The van der Waals surface area contributed by atoms with Gasteiger partial charge >= 0.3 is 5.97 Å². The van der Waals surface area contributed by atoms with Gasteiger partial charge in [0.15, 0.2) is 11.5 Å². The number of aromatic nitrogens is 1. The summed E-state index contributed by atoms with van der Waals surface area (Å²) in [5, 5.41) is 13.8. The summed E-state index contributed by atoms with van der Waals surface area (Å²) < 4.78 is 16.0. The third kappa shape index (κ3) is 4.04. The molecule has 0 radical (unpaired) electrons. The van der Waals surface area contributed by atoms with Gasteiger partial charge in [0.1, 0.15) is 11.8 Å². The van der Waals surface area contributed by atoms with Crippen LogP contribution in [0.2, 0.25) is 0 Å². The Kier molecular flexibility index (Phi) is 6.06. The number of para-hydroxylation sites is 1. The SMILES string of the molecule is COc1cc(OC)c(OC)cc1CNC(Cc1c[nH]c2ccccc12)C(=O)O. The second-order valence-electron chi connectivity index (χ2n) is 6.35. The van der Waals surface area contributed by atoms with Gasteiger partial charge < -0.3 is 24.3 Å². The molecule has 0 aliphatic carbocycles. The number of H-pyrrole nitrogens is 1. The number of carboxylic acids is 1. The Morgan fingerprint density at radius 2 is 1.71 bits per heavy atom. The number of rotatable bonds is 9. The Morgan fingerprint density at radius 1 is 1.04 bits per heavy atom. The number of carbonyl (C=O) groups is 1. The number of hydrogen-bond donors (Lipinski definition) is 3. The first-order valence-corrected chi connectivity index (χ1v) is 8.87. The largest absolute Gasteiger partial charge is 0.496 e. The molecular weight excluding hydrogens is 360 g/mol. The zero-order valence-electron chi connectivity index (χ0n) is 16.1. The lowest BCUT2D eigenvalue weighted by Gasteiger charge is -2.17. The monoisotopic (exact) mass is 384 g/mol. The molecule has 28 heavy (non-hydrogen) atoms. The number of aromatic amines is 1. The van der Waals surface area contributed by atoms with Crippen LogP contribution in [0.5, 0.6) is 17.2 Å². The van der Waals surface area contributed by atoms with Crippen LogP contribution in [0.3, 0.4) is 0 Å². The van der Waals surface area contributed by atoms with E-state index >= 15 is 0 Å². The van der Waals surface area contributed by atoms with Gasteiger partial charge in [-0.1, -0.05) is 18.2 Å². The van der Waals surface area contributed by atoms with Crippen molar-refractivity contribution in [3.63, 3.8) is 0 Å². The Balaban J connectivity index is 1.79. The quantitative estimate of drug-likeness (QED) is 0.525. The van der Waals surface area contributed by atoms with Gasteiger partial charge in [0.2, 0.25) is 0 Å². The Morgan fingerprint density at radius 3 is 2.39 bits per heavy atom. The van der Waals surface area contributed by atoms with Crippen molar-refractivity contribution in [1.29, 1.82) is 0 Å². The molecule has 7 nitrogen and oxygen atoms in total. The second-order valence-corrected chi connectivity index (χ2v) is 6.35. The van der Waals surface area contributed by atoms with Crippen LogP contribution in [-0.2, 0) is 17.8 Å². The maximum absolute atomic E-state index is 11.8. The number of hydrogen-bond acceptors (Lipinski definition) is 5. The van der Waals surface area contributed by atoms with Crippen LogP contribution in [0.25, 0.3) is 10.9 Å². The highest BCUT2D eigenvalue weighted by atomic mass is 16.5. The molecular formula is C21H24N2O5. The third-order valence-electron chi connectivity index (χ3n) is 4.72. The van der Waals surface area contributed by atoms with Gasteiger partial charge in [0.25, 0.3) is 0 Å². The van der Waals surface area contributed by atoms with E-state index in [0.717, 1.165) is 22.0 Å². The van der Waals surface area contributed by atoms with E-state index in [1.54, 1.807) is 33.5 Å².